The normalized spacial score (nSPS) is 14.2. The Balaban J connectivity index is 2.94. The van der Waals surface area contributed by atoms with E-state index >= 15 is 0 Å². The summed E-state index contributed by atoms with van der Waals surface area (Å²) in [6, 6.07) is 3.37. The van der Waals surface area contributed by atoms with Crippen molar-refractivity contribution in [2.45, 2.75) is 5.44 Å². The van der Waals surface area contributed by atoms with Gasteiger partial charge in [-0.25, -0.2) is 4.39 Å². The third-order valence-corrected chi connectivity index (χ3v) is 2.89. The monoisotopic (exact) mass is 265 g/mol. The molecular weight excluding hydrogens is 257 g/mol. The number of benzene rings is 1. The van der Waals surface area contributed by atoms with Crippen LogP contribution in [0.2, 0.25) is 5.02 Å². The maximum atomic E-state index is 12.7. The first-order chi connectivity index (χ1) is 7.41. The van der Waals surface area contributed by atoms with Crippen molar-refractivity contribution in [1.29, 1.82) is 0 Å². The molecule has 0 heterocycles. The Morgan fingerprint density at radius 2 is 2.25 bits per heavy atom. The van der Waals surface area contributed by atoms with Crippen molar-refractivity contribution < 1.29 is 18.1 Å². The Hall–Kier alpha value is -1.14. The first-order valence-electron chi connectivity index (χ1n) is 4.15. The quantitative estimate of drug-likeness (QED) is 0.885. The van der Waals surface area contributed by atoms with Gasteiger partial charge in [-0.2, -0.15) is 0 Å². The van der Waals surface area contributed by atoms with Crippen molar-refractivity contribution in [3.63, 3.8) is 0 Å². The lowest BCUT2D eigenvalue weighted by atomic mass is 10.3. The predicted octanol–water partition coefficient (Wildman–Crippen LogP) is 1.05. The zero-order chi connectivity index (χ0) is 12.3. The molecule has 0 spiro atoms. The summed E-state index contributed by atoms with van der Waals surface area (Å²) in [5, 5.41) is -0.0169. The molecule has 0 bridgehead atoms. The first kappa shape index (κ1) is 12.9. The lowest BCUT2D eigenvalue weighted by Crippen LogP contribution is -2.37. The molecule has 0 fully saturated rings. The molecule has 0 aliphatic rings. The third kappa shape index (κ3) is 3.18. The molecule has 0 aromatic heterocycles. The van der Waals surface area contributed by atoms with Gasteiger partial charge in [0.05, 0.1) is 15.8 Å². The number of carbonyl (C=O) groups excluding carboxylic acids is 1. The Morgan fingerprint density at radius 1 is 1.62 bits per heavy atom. The van der Waals surface area contributed by atoms with Gasteiger partial charge in [0.25, 0.3) is 5.91 Å². The van der Waals surface area contributed by atoms with Crippen LogP contribution < -0.4 is 10.5 Å². The topological polar surface area (TPSA) is 69.4 Å². The third-order valence-electron chi connectivity index (χ3n) is 1.66. The summed E-state index contributed by atoms with van der Waals surface area (Å²) >= 11 is 5.67. The molecule has 0 saturated carbocycles. The average Bonchev–Trinajstić information content (AvgIpc) is 2.15. The lowest BCUT2D eigenvalue weighted by molar-refractivity contribution is -0.121. The summed E-state index contributed by atoms with van der Waals surface area (Å²) in [5.74, 6) is -1.35. The summed E-state index contributed by atoms with van der Waals surface area (Å²) in [5.41, 5.74) is 3.69. The molecule has 2 unspecified atom stereocenters. The molecule has 1 rings (SSSR count). The Kier molecular flexibility index (Phi) is 4.26. The van der Waals surface area contributed by atoms with E-state index < -0.39 is 28.0 Å². The Labute approximate surface area is 99.0 Å². The molecule has 0 saturated heterocycles. The highest BCUT2D eigenvalue weighted by Gasteiger charge is 2.22. The largest absolute Gasteiger partial charge is 0.466 e. The van der Waals surface area contributed by atoms with Crippen LogP contribution in [-0.2, 0) is 15.6 Å². The summed E-state index contributed by atoms with van der Waals surface area (Å²) in [7, 11) is -1.60. The highest BCUT2D eigenvalue weighted by atomic mass is 35.5. The maximum Gasteiger partial charge on any atom is 0.271 e. The molecule has 1 amide bonds. The average molecular weight is 266 g/mol. The van der Waals surface area contributed by atoms with Gasteiger partial charge in [0.2, 0.25) is 5.44 Å². The molecule has 1 aromatic rings. The van der Waals surface area contributed by atoms with Crippen LogP contribution in [0.4, 0.5) is 4.39 Å². The molecule has 16 heavy (non-hydrogen) atoms. The number of hydrogen-bond acceptors (Lipinski definition) is 3. The standard InChI is InChI=1S/C9H9ClFNO3S/c1-16(14)9(8(12)13)15-7-3-2-5(11)4-6(7)10/h2-4,9H,1H3,(H2,12,13). The summed E-state index contributed by atoms with van der Waals surface area (Å²) in [6.07, 6.45) is 1.27. The number of primary amides is 1. The summed E-state index contributed by atoms with van der Waals surface area (Å²) in [4.78, 5) is 10.9. The van der Waals surface area contributed by atoms with E-state index in [1.165, 1.54) is 12.3 Å². The van der Waals surface area contributed by atoms with E-state index in [4.69, 9.17) is 22.1 Å². The number of hydrogen-bond donors (Lipinski definition) is 1. The smallest absolute Gasteiger partial charge is 0.271 e. The van der Waals surface area contributed by atoms with E-state index in [9.17, 15) is 13.4 Å². The number of amides is 1. The van der Waals surface area contributed by atoms with Gasteiger partial charge in [-0.15, -0.1) is 0 Å². The molecule has 88 valence electrons. The maximum absolute atomic E-state index is 12.7. The van der Waals surface area contributed by atoms with Crippen LogP contribution in [0.1, 0.15) is 0 Å². The van der Waals surface area contributed by atoms with Crippen molar-refractivity contribution in [2.24, 2.45) is 5.73 Å². The number of carbonyl (C=O) groups is 1. The second-order valence-corrected chi connectivity index (χ2v) is 4.76. The summed E-state index contributed by atoms with van der Waals surface area (Å²) < 4.78 is 28.9. The van der Waals surface area contributed by atoms with Crippen LogP contribution >= 0.6 is 11.6 Å². The molecular formula is C9H9ClFNO3S. The van der Waals surface area contributed by atoms with Gasteiger partial charge < -0.3 is 10.5 Å². The lowest BCUT2D eigenvalue weighted by Gasteiger charge is -2.14. The molecule has 7 heteroatoms. The van der Waals surface area contributed by atoms with E-state index in [1.807, 2.05) is 0 Å². The van der Waals surface area contributed by atoms with E-state index in [0.29, 0.717) is 0 Å². The van der Waals surface area contributed by atoms with Crippen molar-refractivity contribution in [2.75, 3.05) is 6.26 Å². The minimum absolute atomic E-state index is 0.0169. The minimum Gasteiger partial charge on any atom is -0.466 e. The highest BCUT2D eigenvalue weighted by molar-refractivity contribution is 7.85. The molecule has 0 radical (unpaired) electrons. The van der Waals surface area contributed by atoms with Crippen LogP contribution in [-0.4, -0.2) is 21.8 Å². The van der Waals surface area contributed by atoms with E-state index in [-0.39, 0.29) is 10.8 Å². The van der Waals surface area contributed by atoms with Crippen LogP contribution in [0.15, 0.2) is 18.2 Å². The van der Waals surface area contributed by atoms with Gasteiger partial charge in [-0.05, 0) is 18.2 Å². The summed E-state index contributed by atoms with van der Waals surface area (Å²) in [6.45, 7) is 0. The van der Waals surface area contributed by atoms with Crippen LogP contribution in [0.25, 0.3) is 0 Å². The molecule has 0 aliphatic heterocycles. The van der Waals surface area contributed by atoms with Gasteiger partial charge in [0.1, 0.15) is 11.6 Å². The predicted molar refractivity (Wildman–Crippen MR) is 59.1 cm³/mol. The van der Waals surface area contributed by atoms with Gasteiger partial charge in [-0.3, -0.25) is 9.00 Å². The van der Waals surface area contributed by atoms with Crippen LogP contribution in [0.5, 0.6) is 5.75 Å². The van der Waals surface area contributed by atoms with Crippen LogP contribution in [0, 0.1) is 5.82 Å². The number of halogens is 2. The highest BCUT2D eigenvalue weighted by Crippen LogP contribution is 2.26. The number of ether oxygens (including phenoxy) is 1. The minimum atomic E-state index is -1.60. The number of nitrogens with two attached hydrogens (primary N) is 1. The molecule has 2 atom stereocenters. The van der Waals surface area contributed by atoms with E-state index in [2.05, 4.69) is 0 Å². The van der Waals surface area contributed by atoms with Crippen LogP contribution in [0.3, 0.4) is 0 Å². The van der Waals surface area contributed by atoms with E-state index in [0.717, 1.165) is 12.1 Å². The van der Waals surface area contributed by atoms with Crippen molar-refractivity contribution in [3.05, 3.63) is 29.0 Å². The van der Waals surface area contributed by atoms with Gasteiger partial charge in [0.15, 0.2) is 0 Å². The zero-order valence-electron chi connectivity index (χ0n) is 8.28. The molecule has 4 nitrogen and oxygen atoms in total. The molecule has 0 aliphatic carbocycles. The second-order valence-electron chi connectivity index (χ2n) is 2.93. The fraction of sp³-hybridized carbons (Fsp3) is 0.222. The zero-order valence-corrected chi connectivity index (χ0v) is 9.85. The van der Waals surface area contributed by atoms with Gasteiger partial charge in [-0.1, -0.05) is 11.6 Å². The SMILES string of the molecule is CS(=O)C(Oc1ccc(F)cc1Cl)C(N)=O. The first-order valence-corrected chi connectivity index (χ1v) is 6.15. The molecule has 1 aromatic carbocycles. The van der Waals surface area contributed by atoms with Gasteiger partial charge >= 0.3 is 0 Å². The van der Waals surface area contributed by atoms with Crippen molar-refractivity contribution in [3.8, 4) is 5.75 Å². The van der Waals surface area contributed by atoms with Crippen molar-refractivity contribution >= 4 is 28.3 Å². The fourth-order valence-electron chi connectivity index (χ4n) is 0.976. The van der Waals surface area contributed by atoms with E-state index in [1.54, 1.807) is 0 Å². The van der Waals surface area contributed by atoms with Gasteiger partial charge in [0, 0.05) is 6.26 Å². The Bertz CT molecular complexity index is 427. The Morgan fingerprint density at radius 3 is 2.69 bits per heavy atom. The number of rotatable bonds is 4. The second kappa shape index (κ2) is 5.27. The fourth-order valence-corrected chi connectivity index (χ4v) is 1.75. The molecule has 2 N–H and O–H groups in total. The van der Waals surface area contributed by atoms with Crippen molar-refractivity contribution in [1.82, 2.24) is 0 Å².